The lowest BCUT2D eigenvalue weighted by Crippen LogP contribution is -1.96. The van der Waals surface area contributed by atoms with Crippen LogP contribution >= 0.6 is 0 Å². The first-order valence-electron chi connectivity index (χ1n) is 12.6. The molecule has 0 atom stereocenters. The first-order valence-corrected chi connectivity index (χ1v) is 12.6. The third kappa shape index (κ3) is 4.40. The summed E-state index contributed by atoms with van der Waals surface area (Å²) in [7, 11) is 0. The van der Waals surface area contributed by atoms with Gasteiger partial charge < -0.3 is 9.72 Å². The van der Waals surface area contributed by atoms with Crippen LogP contribution in [0, 0.1) is 5.82 Å². The molecule has 39 heavy (non-hydrogen) atoms. The summed E-state index contributed by atoms with van der Waals surface area (Å²) in [5, 5.41) is 8.65. The van der Waals surface area contributed by atoms with Crippen molar-refractivity contribution in [2.75, 3.05) is 0 Å². The molecule has 3 aromatic carbocycles. The maximum atomic E-state index is 13.9. The number of fused-ring (bicyclic) bond motifs is 2. The maximum Gasteiger partial charge on any atom is 0.138 e. The highest BCUT2D eigenvalue weighted by atomic mass is 19.1. The minimum atomic E-state index is -0.265. The van der Waals surface area contributed by atoms with Crippen molar-refractivity contribution in [1.82, 2.24) is 25.1 Å². The molecule has 6 nitrogen and oxygen atoms in total. The molecule has 7 rings (SSSR count). The second-order valence-corrected chi connectivity index (χ2v) is 9.31. The van der Waals surface area contributed by atoms with Crippen molar-refractivity contribution < 1.29 is 9.13 Å². The number of nitrogens with one attached hydrogen (secondary N) is 2. The van der Waals surface area contributed by atoms with Gasteiger partial charge in [-0.1, -0.05) is 54.6 Å². The normalized spacial score (nSPS) is 11.3. The quantitative estimate of drug-likeness (QED) is 0.242. The van der Waals surface area contributed by atoms with Gasteiger partial charge in [-0.3, -0.25) is 10.1 Å². The van der Waals surface area contributed by atoms with Crippen LogP contribution in [-0.2, 0) is 6.61 Å². The summed E-state index contributed by atoms with van der Waals surface area (Å²) in [5.41, 5.74) is 8.49. The van der Waals surface area contributed by atoms with E-state index in [4.69, 9.17) is 9.72 Å². The van der Waals surface area contributed by atoms with E-state index in [2.05, 4.69) is 20.2 Å². The molecular weight excluding hydrogens is 489 g/mol. The average molecular weight is 512 g/mol. The number of benzene rings is 3. The molecule has 188 valence electrons. The van der Waals surface area contributed by atoms with E-state index in [1.165, 1.54) is 6.07 Å². The Kier molecular flexibility index (Phi) is 5.59. The van der Waals surface area contributed by atoms with Crippen LogP contribution in [0.2, 0.25) is 0 Å². The molecule has 4 heterocycles. The molecule has 0 fully saturated rings. The minimum absolute atomic E-state index is 0.265. The smallest absolute Gasteiger partial charge is 0.138 e. The summed E-state index contributed by atoms with van der Waals surface area (Å²) in [5.74, 6) is 0.408. The molecule has 0 saturated carbocycles. The van der Waals surface area contributed by atoms with Crippen LogP contribution < -0.4 is 4.74 Å². The molecule has 7 heteroatoms. The van der Waals surface area contributed by atoms with Gasteiger partial charge in [0.1, 0.15) is 29.4 Å². The van der Waals surface area contributed by atoms with Gasteiger partial charge in [-0.05, 0) is 59.2 Å². The van der Waals surface area contributed by atoms with E-state index in [0.29, 0.717) is 18.1 Å². The molecule has 0 radical (unpaired) electrons. The van der Waals surface area contributed by atoms with E-state index < -0.39 is 0 Å². The predicted octanol–water partition coefficient (Wildman–Crippen LogP) is 7.55. The highest BCUT2D eigenvalue weighted by Crippen LogP contribution is 2.34. The van der Waals surface area contributed by atoms with Gasteiger partial charge in [-0.2, -0.15) is 5.10 Å². The Hall–Kier alpha value is -5.30. The Morgan fingerprint density at radius 2 is 1.67 bits per heavy atom. The molecule has 0 aliphatic carbocycles. The van der Waals surface area contributed by atoms with Crippen molar-refractivity contribution >= 4 is 21.9 Å². The number of halogens is 1. The summed E-state index contributed by atoms with van der Waals surface area (Å²) in [4.78, 5) is 12.8. The van der Waals surface area contributed by atoms with E-state index in [-0.39, 0.29) is 5.82 Å². The Labute approximate surface area is 223 Å². The maximum absolute atomic E-state index is 13.9. The molecule has 7 aromatic rings. The van der Waals surface area contributed by atoms with Crippen molar-refractivity contribution in [2.24, 2.45) is 0 Å². The van der Waals surface area contributed by atoms with Crippen molar-refractivity contribution in [2.45, 2.75) is 6.61 Å². The minimum Gasteiger partial charge on any atom is -0.487 e. The lowest BCUT2D eigenvalue weighted by Gasteiger charge is -2.08. The fourth-order valence-electron chi connectivity index (χ4n) is 4.82. The summed E-state index contributed by atoms with van der Waals surface area (Å²) in [6.45, 7) is 0.461. The van der Waals surface area contributed by atoms with Crippen LogP contribution in [-0.4, -0.2) is 25.1 Å². The topological polar surface area (TPSA) is 79.5 Å². The van der Waals surface area contributed by atoms with E-state index in [1.807, 2.05) is 78.9 Å². The second kappa shape index (κ2) is 9.54. The summed E-state index contributed by atoms with van der Waals surface area (Å²) < 4.78 is 19.9. The molecule has 4 aromatic heterocycles. The molecule has 0 saturated heterocycles. The number of rotatable bonds is 6. The van der Waals surface area contributed by atoms with E-state index in [9.17, 15) is 4.39 Å². The number of hydrogen-bond donors (Lipinski definition) is 2. The number of nitrogens with zero attached hydrogens (tertiary/aromatic N) is 3. The predicted molar refractivity (Wildman–Crippen MR) is 151 cm³/mol. The largest absolute Gasteiger partial charge is 0.487 e. The van der Waals surface area contributed by atoms with Crippen LogP contribution in [0.3, 0.4) is 0 Å². The van der Waals surface area contributed by atoms with Crippen LogP contribution in [0.1, 0.15) is 5.56 Å². The average Bonchev–Trinajstić information content (AvgIpc) is 3.60. The van der Waals surface area contributed by atoms with Gasteiger partial charge in [0, 0.05) is 22.7 Å². The molecule has 0 spiro atoms. The van der Waals surface area contributed by atoms with Gasteiger partial charge >= 0.3 is 0 Å². The van der Waals surface area contributed by atoms with Crippen LogP contribution in [0.25, 0.3) is 55.7 Å². The van der Waals surface area contributed by atoms with E-state index in [0.717, 1.165) is 55.6 Å². The summed E-state index contributed by atoms with van der Waals surface area (Å²) >= 11 is 0. The molecular formula is C32H22FN5O. The van der Waals surface area contributed by atoms with E-state index in [1.54, 1.807) is 24.5 Å². The SMILES string of the molecule is Fc1cccc(-c2cccc3[nH]c(-c4n[nH]c5ccc(-c6cncc(OCc7ccccc7)c6)nc45)cc23)c1. The van der Waals surface area contributed by atoms with Gasteiger partial charge in [0.2, 0.25) is 0 Å². The van der Waals surface area contributed by atoms with Crippen LogP contribution in [0.5, 0.6) is 5.75 Å². The third-order valence-corrected chi connectivity index (χ3v) is 6.72. The lowest BCUT2D eigenvalue weighted by atomic mass is 10.0. The highest BCUT2D eigenvalue weighted by molar-refractivity contribution is 6.00. The third-order valence-electron chi connectivity index (χ3n) is 6.72. The lowest BCUT2D eigenvalue weighted by molar-refractivity contribution is 0.305. The summed E-state index contributed by atoms with van der Waals surface area (Å²) in [6, 6.07) is 30.5. The molecule has 0 unspecified atom stereocenters. The fraction of sp³-hybridized carbons (Fsp3) is 0.0312. The van der Waals surface area contributed by atoms with Crippen molar-refractivity contribution in [3.8, 4) is 39.5 Å². The standard InChI is InChI=1S/C32H22FN5O/c33-23-9-4-8-21(14-23)25-10-5-11-28-26(25)16-30(35-28)32-31-29(37-38-32)13-12-27(36-31)22-15-24(18-34-17-22)39-19-20-6-2-1-3-7-20/h1-18,35H,19H2,(H,37,38). The second-order valence-electron chi connectivity index (χ2n) is 9.31. The first-order chi connectivity index (χ1) is 19.2. The molecule has 0 aliphatic heterocycles. The number of aromatic nitrogens is 5. The zero-order valence-electron chi connectivity index (χ0n) is 20.7. The first kappa shape index (κ1) is 22.9. The van der Waals surface area contributed by atoms with Gasteiger partial charge in [-0.25, -0.2) is 9.37 Å². The highest BCUT2D eigenvalue weighted by Gasteiger charge is 2.16. The van der Waals surface area contributed by atoms with Crippen molar-refractivity contribution in [3.63, 3.8) is 0 Å². The number of hydrogen-bond acceptors (Lipinski definition) is 4. The number of ether oxygens (including phenoxy) is 1. The number of aromatic amines is 2. The van der Waals surface area contributed by atoms with Crippen molar-refractivity contribution in [3.05, 3.63) is 121 Å². The zero-order chi connectivity index (χ0) is 26.2. The zero-order valence-corrected chi connectivity index (χ0v) is 20.7. The molecule has 0 aliphatic rings. The Bertz CT molecular complexity index is 1940. The monoisotopic (exact) mass is 511 g/mol. The Morgan fingerprint density at radius 1 is 0.769 bits per heavy atom. The van der Waals surface area contributed by atoms with Crippen LogP contribution in [0.15, 0.2) is 109 Å². The Balaban J connectivity index is 1.24. The van der Waals surface area contributed by atoms with Gasteiger partial charge in [0.05, 0.1) is 23.1 Å². The molecule has 2 N–H and O–H groups in total. The van der Waals surface area contributed by atoms with Gasteiger partial charge in [0.25, 0.3) is 0 Å². The van der Waals surface area contributed by atoms with Crippen molar-refractivity contribution in [1.29, 1.82) is 0 Å². The number of H-pyrrole nitrogens is 2. The van der Waals surface area contributed by atoms with E-state index >= 15 is 0 Å². The van der Waals surface area contributed by atoms with Gasteiger partial charge in [-0.15, -0.1) is 0 Å². The number of pyridine rings is 2. The van der Waals surface area contributed by atoms with Gasteiger partial charge in [0.15, 0.2) is 0 Å². The Morgan fingerprint density at radius 3 is 2.56 bits per heavy atom. The van der Waals surface area contributed by atoms with Crippen LogP contribution in [0.4, 0.5) is 4.39 Å². The fourth-order valence-corrected chi connectivity index (χ4v) is 4.82. The molecule has 0 amide bonds. The summed E-state index contributed by atoms with van der Waals surface area (Å²) in [6.07, 6.45) is 3.48. The molecule has 0 bridgehead atoms.